The number of amides is 1. The van der Waals surface area contributed by atoms with E-state index in [2.05, 4.69) is 55.6 Å². The average Bonchev–Trinajstić information content (AvgIpc) is 3.36. The summed E-state index contributed by atoms with van der Waals surface area (Å²) in [6.45, 7) is 4.08. The Hall–Kier alpha value is -1.47. The van der Waals surface area contributed by atoms with Crippen LogP contribution in [-0.2, 0) is 4.79 Å². The number of rotatable bonds is 58. The van der Waals surface area contributed by atoms with Crippen LogP contribution in [0.5, 0.6) is 0 Å². The van der Waals surface area contributed by atoms with Gasteiger partial charge >= 0.3 is 0 Å². The molecule has 5 N–H and O–H groups in total. The van der Waals surface area contributed by atoms with Gasteiger partial charge in [0.05, 0.1) is 18.8 Å². The first kappa shape index (κ1) is 68.5. The van der Waals surface area contributed by atoms with Crippen LogP contribution in [-0.4, -0.2) is 57.3 Å². The Labute approximate surface area is 437 Å². The lowest BCUT2D eigenvalue weighted by Gasteiger charge is -2.27. The monoisotopic (exact) mass is 986 g/mol. The highest BCUT2D eigenvalue weighted by atomic mass is 16.3. The van der Waals surface area contributed by atoms with Crippen molar-refractivity contribution in [2.24, 2.45) is 0 Å². The number of unbranched alkanes of at least 4 members (excludes halogenated alkanes) is 43. The van der Waals surface area contributed by atoms with Gasteiger partial charge < -0.3 is 25.7 Å². The molecule has 70 heavy (non-hydrogen) atoms. The van der Waals surface area contributed by atoms with Crippen LogP contribution < -0.4 is 5.32 Å². The minimum Gasteiger partial charge on any atom is -0.394 e. The number of carbonyl (C=O) groups excluding carboxylic acids is 1. The minimum absolute atomic E-state index is 0.362. The summed E-state index contributed by atoms with van der Waals surface area (Å²) in [4.78, 5) is 12.6. The zero-order valence-electron chi connectivity index (χ0n) is 47.0. The smallest absolute Gasteiger partial charge is 0.249 e. The first-order valence-corrected chi connectivity index (χ1v) is 31.4. The lowest BCUT2D eigenvalue weighted by molar-refractivity contribution is -0.132. The molecule has 4 unspecified atom stereocenters. The first-order chi connectivity index (χ1) is 34.5. The zero-order chi connectivity index (χ0) is 50.9. The molecule has 0 bridgehead atoms. The highest BCUT2D eigenvalue weighted by Gasteiger charge is 2.28. The van der Waals surface area contributed by atoms with Gasteiger partial charge in [-0.25, -0.2) is 0 Å². The second-order valence-electron chi connectivity index (χ2n) is 21.7. The molecule has 0 saturated carbocycles. The minimum atomic E-state index is -1.29. The first-order valence-electron chi connectivity index (χ1n) is 31.4. The van der Waals surface area contributed by atoms with Gasteiger partial charge in [-0.15, -0.1) is 0 Å². The molecular weight excluding hydrogens is 863 g/mol. The summed E-state index contributed by atoms with van der Waals surface area (Å²) in [6, 6.07) is -1.01. The highest BCUT2D eigenvalue weighted by Crippen LogP contribution is 2.18. The van der Waals surface area contributed by atoms with Gasteiger partial charge in [-0.1, -0.05) is 294 Å². The Balaban J connectivity index is 3.63. The third kappa shape index (κ3) is 51.4. The molecule has 0 aromatic heterocycles. The van der Waals surface area contributed by atoms with Crippen molar-refractivity contribution in [3.8, 4) is 0 Å². The fraction of sp³-hybridized carbons (Fsp3) is 0.891. The lowest BCUT2D eigenvalue weighted by Crippen LogP contribution is -2.53. The standard InChI is InChI=1S/C64H123NO5/c1-3-5-7-9-11-13-15-17-19-21-23-25-27-29-30-31-32-33-34-36-38-40-42-44-46-48-50-52-54-56-58-62(68)64(70)65-60(59-66)63(69)61(67)57-55-53-51-49-47-45-43-41-39-37-35-28-26-24-22-20-18-16-14-12-10-8-6-4-2/h29-30,41,43,49,51,60-63,66-69H,3-28,31-40,42,44-48,50,52-59H2,1-2H3,(H,65,70)/b30-29-,43-41+,51-49+. The average molecular weight is 987 g/mol. The molecule has 6 nitrogen and oxygen atoms in total. The van der Waals surface area contributed by atoms with Gasteiger partial charge in [-0.2, -0.15) is 0 Å². The summed E-state index contributed by atoms with van der Waals surface area (Å²) in [5.41, 5.74) is 0. The summed E-state index contributed by atoms with van der Waals surface area (Å²) >= 11 is 0. The van der Waals surface area contributed by atoms with Crippen LogP contribution in [0.1, 0.15) is 335 Å². The number of aliphatic hydroxyl groups is 4. The maximum atomic E-state index is 12.6. The van der Waals surface area contributed by atoms with E-state index < -0.39 is 36.9 Å². The fourth-order valence-corrected chi connectivity index (χ4v) is 9.89. The van der Waals surface area contributed by atoms with E-state index in [0.717, 1.165) is 38.5 Å². The van der Waals surface area contributed by atoms with Crippen LogP contribution in [0.3, 0.4) is 0 Å². The van der Waals surface area contributed by atoms with Gasteiger partial charge in [0.15, 0.2) is 0 Å². The van der Waals surface area contributed by atoms with Crippen molar-refractivity contribution >= 4 is 5.91 Å². The number of aliphatic hydroxyl groups excluding tert-OH is 4. The van der Waals surface area contributed by atoms with Crippen LogP contribution in [0.4, 0.5) is 0 Å². The van der Waals surface area contributed by atoms with Crippen LogP contribution in [0.15, 0.2) is 36.5 Å². The molecule has 414 valence electrons. The predicted octanol–water partition coefficient (Wildman–Crippen LogP) is 18.8. The number of nitrogens with one attached hydrogen (secondary N) is 1. The third-order valence-corrected chi connectivity index (χ3v) is 14.8. The van der Waals surface area contributed by atoms with Gasteiger partial charge in [-0.3, -0.25) is 4.79 Å². The second kappa shape index (κ2) is 58.4. The van der Waals surface area contributed by atoms with Gasteiger partial charge in [0, 0.05) is 0 Å². The molecule has 4 atom stereocenters. The molecule has 0 aliphatic rings. The predicted molar refractivity (Wildman–Crippen MR) is 307 cm³/mol. The highest BCUT2D eigenvalue weighted by molar-refractivity contribution is 5.80. The number of carbonyl (C=O) groups is 1. The Morgan fingerprint density at radius 2 is 0.600 bits per heavy atom. The Kier molecular flexibility index (Phi) is 57.2. The summed E-state index contributed by atoms with van der Waals surface area (Å²) in [5, 5.41) is 44.1. The van der Waals surface area contributed by atoms with E-state index >= 15 is 0 Å². The van der Waals surface area contributed by atoms with Crippen LogP contribution in [0, 0.1) is 0 Å². The van der Waals surface area contributed by atoms with E-state index in [1.165, 1.54) is 263 Å². The van der Waals surface area contributed by atoms with E-state index in [1.54, 1.807) is 0 Å². The summed E-state index contributed by atoms with van der Waals surface area (Å²) in [6.07, 6.45) is 73.8. The molecule has 0 radical (unpaired) electrons. The van der Waals surface area contributed by atoms with Crippen molar-refractivity contribution in [2.75, 3.05) is 6.61 Å². The topological polar surface area (TPSA) is 110 Å². The summed E-state index contributed by atoms with van der Waals surface area (Å²) < 4.78 is 0. The molecule has 0 aromatic rings. The van der Waals surface area contributed by atoms with Gasteiger partial charge in [-0.05, 0) is 77.0 Å². The quantitative estimate of drug-likeness (QED) is 0.0308. The fourth-order valence-electron chi connectivity index (χ4n) is 9.89. The molecule has 0 saturated heterocycles. The summed E-state index contributed by atoms with van der Waals surface area (Å²) in [5.74, 6) is -0.593. The molecule has 1 amide bonds. The van der Waals surface area contributed by atoms with Gasteiger partial charge in [0.2, 0.25) is 5.91 Å². The Morgan fingerprint density at radius 1 is 0.343 bits per heavy atom. The molecule has 0 rings (SSSR count). The third-order valence-electron chi connectivity index (χ3n) is 14.8. The molecule has 0 aromatic carbocycles. The lowest BCUT2D eigenvalue weighted by atomic mass is 10.00. The van der Waals surface area contributed by atoms with Crippen molar-refractivity contribution in [2.45, 2.75) is 359 Å². The van der Waals surface area contributed by atoms with Gasteiger partial charge in [0.25, 0.3) is 0 Å². The normalized spacial score (nSPS) is 13.9. The molecule has 0 aliphatic carbocycles. The maximum Gasteiger partial charge on any atom is 0.249 e. The second-order valence-corrected chi connectivity index (χ2v) is 21.7. The van der Waals surface area contributed by atoms with E-state index in [9.17, 15) is 25.2 Å². The van der Waals surface area contributed by atoms with E-state index in [1.807, 2.05) is 0 Å². The van der Waals surface area contributed by atoms with Crippen molar-refractivity contribution < 1.29 is 25.2 Å². The largest absolute Gasteiger partial charge is 0.394 e. The molecular formula is C64H123NO5. The van der Waals surface area contributed by atoms with Crippen molar-refractivity contribution in [3.05, 3.63) is 36.5 Å². The SMILES string of the molecule is CCCCCCCCCCCCCC/C=C\CCCCCCCCCCCCCCCCC(O)C(=O)NC(CO)C(O)C(O)CCC/C=C/CC/C=C/CCCCCCCCCCCCCCCCC. The molecule has 0 aliphatic heterocycles. The van der Waals surface area contributed by atoms with Crippen LogP contribution in [0.25, 0.3) is 0 Å². The van der Waals surface area contributed by atoms with Crippen molar-refractivity contribution in [1.82, 2.24) is 5.32 Å². The Bertz CT molecular complexity index is 1110. The van der Waals surface area contributed by atoms with Crippen molar-refractivity contribution in [3.63, 3.8) is 0 Å². The molecule has 0 heterocycles. The number of hydrogen-bond acceptors (Lipinski definition) is 5. The number of hydrogen-bond donors (Lipinski definition) is 5. The van der Waals surface area contributed by atoms with Crippen LogP contribution >= 0.6 is 0 Å². The van der Waals surface area contributed by atoms with Crippen molar-refractivity contribution in [1.29, 1.82) is 0 Å². The van der Waals surface area contributed by atoms with Gasteiger partial charge in [0.1, 0.15) is 12.2 Å². The van der Waals surface area contributed by atoms with E-state index in [-0.39, 0.29) is 0 Å². The molecule has 0 spiro atoms. The van der Waals surface area contributed by atoms with E-state index in [0.29, 0.717) is 19.3 Å². The van der Waals surface area contributed by atoms with Crippen LogP contribution in [0.2, 0.25) is 0 Å². The molecule has 6 heteroatoms. The number of allylic oxidation sites excluding steroid dienone is 6. The van der Waals surface area contributed by atoms with E-state index in [4.69, 9.17) is 0 Å². The Morgan fingerprint density at radius 3 is 0.900 bits per heavy atom. The zero-order valence-corrected chi connectivity index (χ0v) is 47.0. The summed E-state index contributed by atoms with van der Waals surface area (Å²) in [7, 11) is 0. The maximum absolute atomic E-state index is 12.6. The molecule has 0 fully saturated rings.